The van der Waals surface area contributed by atoms with Crippen molar-refractivity contribution in [2.24, 2.45) is 5.10 Å². The molecule has 156 valence electrons. The van der Waals surface area contributed by atoms with E-state index in [1.807, 2.05) is 44.3 Å². The van der Waals surface area contributed by atoms with Gasteiger partial charge in [-0.05, 0) is 61.4 Å². The van der Waals surface area contributed by atoms with Gasteiger partial charge < -0.3 is 14.5 Å². The van der Waals surface area contributed by atoms with E-state index in [0.717, 1.165) is 59.4 Å². The summed E-state index contributed by atoms with van der Waals surface area (Å²) in [5.74, 6) is 1.01. The number of aromatic amines is 1. The fourth-order valence-corrected chi connectivity index (χ4v) is 4.04. The fourth-order valence-electron chi connectivity index (χ4n) is 4.04. The second-order valence-electron chi connectivity index (χ2n) is 7.74. The number of ether oxygens (including phenoxy) is 2. The first kappa shape index (κ1) is 20.2. The Hall–Kier alpha value is -3.12. The monoisotopic (exact) mass is 405 g/mol. The third-order valence-corrected chi connectivity index (χ3v) is 5.54. The maximum atomic E-state index is 12.2. The summed E-state index contributed by atoms with van der Waals surface area (Å²) in [6.07, 6.45) is 5.63. The van der Waals surface area contributed by atoms with E-state index >= 15 is 0 Å². The Balaban J connectivity index is 1.35. The number of hydrogen-bond donors (Lipinski definition) is 2. The summed E-state index contributed by atoms with van der Waals surface area (Å²) in [6, 6.07) is 12.2. The molecule has 0 atom stereocenters. The summed E-state index contributed by atoms with van der Waals surface area (Å²) in [6.45, 7) is 5.61. The van der Waals surface area contributed by atoms with Crippen molar-refractivity contribution in [2.45, 2.75) is 32.6 Å². The lowest BCUT2D eigenvalue weighted by atomic mass is 9.89. The van der Waals surface area contributed by atoms with E-state index in [0.29, 0.717) is 5.92 Å². The number of H-pyrrole nitrogens is 1. The van der Waals surface area contributed by atoms with Crippen LogP contribution in [0.25, 0.3) is 10.9 Å². The van der Waals surface area contributed by atoms with Crippen molar-refractivity contribution in [3.63, 3.8) is 0 Å². The van der Waals surface area contributed by atoms with Gasteiger partial charge in [-0.25, -0.2) is 5.43 Å². The van der Waals surface area contributed by atoms with Gasteiger partial charge in [0.1, 0.15) is 5.75 Å². The first-order valence-corrected chi connectivity index (χ1v) is 10.3. The highest BCUT2D eigenvalue weighted by Crippen LogP contribution is 2.32. The Kier molecular flexibility index (Phi) is 6.14. The van der Waals surface area contributed by atoms with Crippen LogP contribution in [0, 0.1) is 13.8 Å². The minimum atomic E-state index is -0.292. The van der Waals surface area contributed by atoms with Crippen molar-refractivity contribution in [1.82, 2.24) is 10.4 Å². The molecule has 6 nitrogen and oxygen atoms in total. The van der Waals surface area contributed by atoms with Gasteiger partial charge in [-0.2, -0.15) is 5.10 Å². The number of aromatic nitrogens is 1. The van der Waals surface area contributed by atoms with Crippen molar-refractivity contribution in [2.75, 3.05) is 19.8 Å². The predicted octanol–water partition coefficient (Wildman–Crippen LogP) is 4.21. The highest BCUT2D eigenvalue weighted by atomic mass is 16.5. The number of benzene rings is 2. The van der Waals surface area contributed by atoms with Crippen molar-refractivity contribution in [1.29, 1.82) is 0 Å². The minimum absolute atomic E-state index is 0.0794. The molecule has 2 aromatic carbocycles. The normalized spacial score (nSPS) is 15.0. The number of amides is 1. The van der Waals surface area contributed by atoms with E-state index in [1.165, 1.54) is 5.56 Å². The zero-order chi connectivity index (χ0) is 20.9. The van der Waals surface area contributed by atoms with Crippen molar-refractivity contribution in [3.05, 3.63) is 64.8 Å². The molecule has 4 rings (SSSR count). The maximum Gasteiger partial charge on any atom is 0.277 e. The SMILES string of the molecule is Cc1cc(C2CCOCC2)cc(C)c1OCC(=O)N/N=C/c1cccc2[nH]ccc12. The van der Waals surface area contributed by atoms with Crippen molar-refractivity contribution >= 4 is 23.0 Å². The number of nitrogens with one attached hydrogen (secondary N) is 2. The third kappa shape index (κ3) is 4.54. The van der Waals surface area contributed by atoms with Crippen LogP contribution in [0.15, 0.2) is 47.7 Å². The number of aryl methyl sites for hydroxylation is 2. The largest absolute Gasteiger partial charge is 0.483 e. The topological polar surface area (TPSA) is 75.7 Å². The summed E-state index contributed by atoms with van der Waals surface area (Å²) in [7, 11) is 0. The second kappa shape index (κ2) is 9.13. The standard InChI is InChI=1S/C24H27N3O3/c1-16-12-20(18-7-10-29-11-8-18)13-17(2)24(16)30-15-23(28)27-26-14-19-4-3-5-22-21(19)6-9-25-22/h3-6,9,12-14,18,25H,7-8,10-11,15H2,1-2H3,(H,27,28)/b26-14+. The molecule has 0 aliphatic carbocycles. The average molecular weight is 405 g/mol. The molecule has 3 aromatic rings. The fraction of sp³-hybridized carbons (Fsp3) is 0.333. The van der Waals surface area contributed by atoms with Crippen LogP contribution in [0.2, 0.25) is 0 Å². The van der Waals surface area contributed by atoms with E-state index in [4.69, 9.17) is 9.47 Å². The lowest BCUT2D eigenvalue weighted by Gasteiger charge is -2.24. The number of fused-ring (bicyclic) bond motifs is 1. The van der Waals surface area contributed by atoms with Gasteiger partial charge in [0.2, 0.25) is 0 Å². The first-order valence-electron chi connectivity index (χ1n) is 10.3. The van der Waals surface area contributed by atoms with Gasteiger partial charge in [0.25, 0.3) is 5.91 Å². The predicted molar refractivity (Wildman–Crippen MR) is 118 cm³/mol. The van der Waals surface area contributed by atoms with E-state index in [1.54, 1.807) is 6.21 Å². The minimum Gasteiger partial charge on any atom is -0.483 e. The molecule has 1 amide bonds. The van der Waals surface area contributed by atoms with Crippen molar-refractivity contribution in [3.8, 4) is 5.75 Å². The smallest absolute Gasteiger partial charge is 0.277 e. The Bertz CT molecular complexity index is 1040. The molecule has 2 heterocycles. The van der Waals surface area contributed by atoms with Crippen LogP contribution in [-0.4, -0.2) is 36.9 Å². The molecular weight excluding hydrogens is 378 g/mol. The molecule has 1 saturated heterocycles. The Morgan fingerprint density at radius 2 is 2.00 bits per heavy atom. The van der Waals surface area contributed by atoms with Crippen molar-refractivity contribution < 1.29 is 14.3 Å². The number of carbonyl (C=O) groups is 1. The summed E-state index contributed by atoms with van der Waals surface area (Å²) >= 11 is 0. The third-order valence-electron chi connectivity index (χ3n) is 5.54. The van der Waals surface area contributed by atoms with Crippen LogP contribution in [-0.2, 0) is 9.53 Å². The van der Waals surface area contributed by atoms with E-state index in [2.05, 4.69) is 27.6 Å². The number of rotatable bonds is 6. The summed E-state index contributed by atoms with van der Waals surface area (Å²) < 4.78 is 11.3. The van der Waals surface area contributed by atoms with Gasteiger partial charge in [-0.1, -0.05) is 24.3 Å². The Labute approximate surface area is 176 Å². The Morgan fingerprint density at radius 3 is 2.77 bits per heavy atom. The molecule has 0 radical (unpaired) electrons. The number of hydrogen-bond acceptors (Lipinski definition) is 4. The molecule has 1 aliphatic rings. The molecule has 0 bridgehead atoms. The molecule has 1 fully saturated rings. The number of hydrazone groups is 1. The summed E-state index contributed by atoms with van der Waals surface area (Å²) in [5, 5.41) is 5.13. The zero-order valence-corrected chi connectivity index (χ0v) is 17.4. The maximum absolute atomic E-state index is 12.2. The molecule has 6 heteroatoms. The molecule has 0 unspecified atom stereocenters. The van der Waals surface area contributed by atoms with Gasteiger partial charge in [0, 0.05) is 35.9 Å². The molecule has 1 aliphatic heterocycles. The van der Waals surface area contributed by atoms with Crippen LogP contribution in [0.3, 0.4) is 0 Å². The highest BCUT2D eigenvalue weighted by Gasteiger charge is 2.18. The second-order valence-corrected chi connectivity index (χ2v) is 7.74. The van der Waals surface area contributed by atoms with Crippen LogP contribution in [0.4, 0.5) is 0 Å². The molecule has 0 spiro atoms. The molecule has 1 aromatic heterocycles. The van der Waals surface area contributed by atoms with Gasteiger partial charge in [0.05, 0.1) is 6.21 Å². The van der Waals surface area contributed by atoms with E-state index < -0.39 is 0 Å². The van der Waals surface area contributed by atoms with E-state index in [9.17, 15) is 4.79 Å². The number of carbonyl (C=O) groups excluding carboxylic acids is 1. The molecule has 0 saturated carbocycles. The summed E-state index contributed by atoms with van der Waals surface area (Å²) in [5.41, 5.74) is 7.93. The molecule has 30 heavy (non-hydrogen) atoms. The van der Waals surface area contributed by atoms with Crippen LogP contribution in [0.1, 0.15) is 41.0 Å². The van der Waals surface area contributed by atoms with E-state index in [-0.39, 0.29) is 12.5 Å². The van der Waals surface area contributed by atoms with Gasteiger partial charge >= 0.3 is 0 Å². The van der Waals surface area contributed by atoms with Gasteiger partial charge in [-0.15, -0.1) is 0 Å². The van der Waals surface area contributed by atoms with Crippen LogP contribution in [0.5, 0.6) is 5.75 Å². The molecule has 2 N–H and O–H groups in total. The average Bonchev–Trinajstić information content (AvgIpc) is 3.23. The first-order chi connectivity index (χ1) is 14.6. The van der Waals surface area contributed by atoms with Gasteiger partial charge in [-0.3, -0.25) is 4.79 Å². The Morgan fingerprint density at radius 1 is 1.23 bits per heavy atom. The molecular formula is C24H27N3O3. The quantitative estimate of drug-likeness (QED) is 0.477. The van der Waals surface area contributed by atoms with Gasteiger partial charge in [0.15, 0.2) is 6.61 Å². The lowest BCUT2D eigenvalue weighted by Crippen LogP contribution is -2.25. The number of nitrogens with zero attached hydrogens (tertiary/aromatic N) is 1. The highest BCUT2D eigenvalue weighted by molar-refractivity contribution is 5.98. The lowest BCUT2D eigenvalue weighted by molar-refractivity contribution is -0.123. The van der Waals surface area contributed by atoms with Crippen LogP contribution < -0.4 is 10.2 Å². The van der Waals surface area contributed by atoms with Crippen LogP contribution >= 0.6 is 0 Å². The zero-order valence-electron chi connectivity index (χ0n) is 17.4. The summed E-state index contributed by atoms with van der Waals surface area (Å²) in [4.78, 5) is 15.3.